The van der Waals surface area contributed by atoms with Crippen molar-refractivity contribution in [1.82, 2.24) is 9.55 Å². The van der Waals surface area contributed by atoms with Gasteiger partial charge in [0.05, 0.1) is 0 Å². The molecule has 0 unspecified atom stereocenters. The van der Waals surface area contributed by atoms with Gasteiger partial charge in [-0.05, 0) is 51.3 Å². The first-order valence-electron chi connectivity index (χ1n) is 9.21. The van der Waals surface area contributed by atoms with E-state index in [-0.39, 0.29) is 5.82 Å². The molecule has 1 heterocycles. The molecule has 0 saturated heterocycles. The number of carbonyl (C=O) groups is 1. The van der Waals surface area contributed by atoms with Crippen molar-refractivity contribution in [3.63, 3.8) is 0 Å². The van der Waals surface area contributed by atoms with Crippen LogP contribution in [-0.4, -0.2) is 26.9 Å². The summed E-state index contributed by atoms with van der Waals surface area (Å²) in [6, 6.07) is 4.90. The highest BCUT2D eigenvalue weighted by atomic mass is 19.1. The number of imidazole rings is 1. The Labute approximate surface area is 165 Å². The van der Waals surface area contributed by atoms with Crippen LogP contribution in [0.1, 0.15) is 52.4 Å². The van der Waals surface area contributed by atoms with Crippen molar-refractivity contribution in [1.29, 1.82) is 0 Å². The van der Waals surface area contributed by atoms with Gasteiger partial charge in [-0.25, -0.2) is 25.3 Å². The summed E-state index contributed by atoms with van der Waals surface area (Å²) in [5.41, 5.74) is -0.212. The van der Waals surface area contributed by atoms with E-state index in [9.17, 15) is 9.18 Å². The summed E-state index contributed by atoms with van der Waals surface area (Å²) in [5, 5.41) is 2.99. The predicted molar refractivity (Wildman–Crippen MR) is 107 cm³/mol. The van der Waals surface area contributed by atoms with E-state index in [4.69, 9.17) is 11.3 Å². The molecule has 0 aliphatic rings. The fourth-order valence-electron chi connectivity index (χ4n) is 2.64. The lowest BCUT2D eigenvalue weighted by Gasteiger charge is -2.20. The van der Waals surface area contributed by atoms with Crippen LogP contribution in [0.4, 0.5) is 14.9 Å². The van der Waals surface area contributed by atoms with E-state index in [1.54, 1.807) is 38.4 Å². The van der Waals surface area contributed by atoms with Crippen LogP contribution < -0.4 is 5.32 Å². The Balaban J connectivity index is 1.97. The van der Waals surface area contributed by atoms with Gasteiger partial charge in [-0.15, -0.1) is 0 Å². The second kappa shape index (κ2) is 8.42. The van der Waals surface area contributed by atoms with Crippen molar-refractivity contribution in [2.24, 2.45) is 0 Å². The molecule has 1 N–H and O–H groups in total. The molecule has 1 aromatic heterocycles. The fourth-order valence-corrected chi connectivity index (χ4v) is 2.64. The van der Waals surface area contributed by atoms with E-state index in [0.29, 0.717) is 36.3 Å². The Kier molecular flexibility index (Phi) is 6.45. The third kappa shape index (κ3) is 6.08. The smallest absolute Gasteiger partial charge is 0.419 e. The van der Waals surface area contributed by atoms with Crippen molar-refractivity contribution < 1.29 is 13.9 Å². The maximum absolute atomic E-state index is 14.4. The van der Waals surface area contributed by atoms with Crippen molar-refractivity contribution >= 4 is 11.8 Å². The van der Waals surface area contributed by atoms with Gasteiger partial charge in [-0.1, -0.05) is 6.07 Å². The van der Waals surface area contributed by atoms with Crippen LogP contribution in [0.15, 0.2) is 30.6 Å². The molecule has 0 aliphatic carbocycles. The molecule has 0 amide bonds. The molecule has 1 aromatic carbocycles. The number of hydrogen-bond donors (Lipinski definition) is 1. The third-order valence-corrected chi connectivity index (χ3v) is 3.94. The molecule has 0 bridgehead atoms. The number of hydrogen-bond acceptors (Lipinski definition) is 4. The number of aromatic nitrogens is 2. The minimum absolute atomic E-state index is 0.318. The second-order valence-electron chi connectivity index (χ2n) is 8.15. The maximum atomic E-state index is 14.4. The molecule has 0 saturated carbocycles. The normalized spacial score (nSPS) is 11.8. The zero-order chi connectivity index (χ0) is 20.9. The molecular formula is C21H27FN4O2. The lowest BCUT2D eigenvalue weighted by atomic mass is 10.1. The zero-order valence-electron chi connectivity index (χ0n) is 17.0. The number of nitrogens with one attached hydrogen (secondary N) is 1. The molecule has 2 rings (SSSR count). The predicted octanol–water partition coefficient (Wildman–Crippen LogP) is 5.05. The number of halogens is 1. The minimum atomic E-state index is -0.785. The van der Waals surface area contributed by atoms with Crippen molar-refractivity contribution in [3.05, 3.63) is 59.2 Å². The first kappa shape index (κ1) is 21.4. The standard InChI is InChI=1S/C21H27FN4O2/c1-20(2,3)28-19(27)26-13-12-24-18(26)9-7-8-15-10-11-16(14-17(15)22)25-21(4,5)23-6/h10-14,25H,7-9H2,1-5H3. The van der Waals surface area contributed by atoms with Gasteiger partial charge in [0.25, 0.3) is 5.66 Å². The van der Waals surface area contributed by atoms with Crippen molar-refractivity contribution in [3.8, 4) is 0 Å². The molecular weight excluding hydrogens is 359 g/mol. The first-order chi connectivity index (χ1) is 13.0. The number of rotatable bonds is 6. The Morgan fingerprint density at radius 1 is 1.29 bits per heavy atom. The summed E-state index contributed by atoms with van der Waals surface area (Å²) in [6.07, 6.45) is 4.33. The van der Waals surface area contributed by atoms with Crippen molar-refractivity contribution in [2.45, 2.75) is 65.1 Å². The Morgan fingerprint density at radius 2 is 2.00 bits per heavy atom. The molecule has 0 atom stereocenters. The summed E-state index contributed by atoms with van der Waals surface area (Å²) >= 11 is 0. The van der Waals surface area contributed by atoms with Gasteiger partial charge >= 0.3 is 6.09 Å². The van der Waals surface area contributed by atoms with Gasteiger partial charge in [0, 0.05) is 38.3 Å². The van der Waals surface area contributed by atoms with Crippen LogP contribution in [0.25, 0.3) is 4.85 Å². The average Bonchev–Trinajstić information content (AvgIpc) is 3.03. The number of carbonyl (C=O) groups excluding carboxylic acids is 1. The van der Waals surface area contributed by atoms with E-state index >= 15 is 0 Å². The summed E-state index contributed by atoms with van der Waals surface area (Å²) in [7, 11) is 0. The van der Waals surface area contributed by atoms with Crippen LogP contribution in [0.5, 0.6) is 0 Å². The second-order valence-corrected chi connectivity index (χ2v) is 8.15. The summed E-state index contributed by atoms with van der Waals surface area (Å²) in [5.74, 6) is 0.271. The molecule has 28 heavy (non-hydrogen) atoms. The van der Waals surface area contributed by atoms with E-state index in [2.05, 4.69) is 15.1 Å². The van der Waals surface area contributed by atoms with Crippen molar-refractivity contribution in [2.75, 3.05) is 5.32 Å². The van der Waals surface area contributed by atoms with Gasteiger partial charge in [-0.3, -0.25) is 4.85 Å². The van der Waals surface area contributed by atoms with E-state index in [0.717, 1.165) is 0 Å². The average molecular weight is 386 g/mol. The highest BCUT2D eigenvalue weighted by molar-refractivity contribution is 5.71. The third-order valence-electron chi connectivity index (χ3n) is 3.94. The number of anilines is 1. The number of ether oxygens (including phenoxy) is 1. The summed E-state index contributed by atoms with van der Waals surface area (Å²) < 4.78 is 21.1. The molecule has 0 aliphatic heterocycles. The topological polar surface area (TPSA) is 60.5 Å². The van der Waals surface area contributed by atoms with Crippen LogP contribution in [0.3, 0.4) is 0 Å². The number of nitrogens with zero attached hydrogens (tertiary/aromatic N) is 3. The number of aryl methyl sites for hydroxylation is 2. The molecule has 150 valence electrons. The van der Waals surface area contributed by atoms with Gasteiger partial charge < -0.3 is 10.1 Å². The lowest BCUT2D eigenvalue weighted by molar-refractivity contribution is 0.0531. The Bertz CT molecular complexity index is 875. The Morgan fingerprint density at radius 3 is 2.61 bits per heavy atom. The highest BCUT2D eigenvalue weighted by Gasteiger charge is 2.22. The van der Waals surface area contributed by atoms with Gasteiger partial charge in [0.2, 0.25) is 0 Å². The molecule has 0 spiro atoms. The maximum Gasteiger partial charge on any atom is 0.419 e. The lowest BCUT2D eigenvalue weighted by Crippen LogP contribution is -2.27. The Hall–Kier alpha value is -2.88. The fraction of sp³-hybridized carbons (Fsp3) is 0.476. The van der Waals surface area contributed by atoms with E-state index < -0.39 is 17.4 Å². The molecule has 0 radical (unpaired) electrons. The van der Waals surface area contributed by atoms with Gasteiger partial charge in [0.15, 0.2) is 0 Å². The van der Waals surface area contributed by atoms with Crippen LogP contribution >= 0.6 is 0 Å². The zero-order valence-corrected chi connectivity index (χ0v) is 17.0. The first-order valence-corrected chi connectivity index (χ1v) is 9.21. The molecule has 0 fully saturated rings. The minimum Gasteiger partial charge on any atom is -0.443 e. The molecule has 6 nitrogen and oxygen atoms in total. The monoisotopic (exact) mass is 386 g/mol. The summed E-state index contributed by atoms with van der Waals surface area (Å²) in [4.78, 5) is 19.9. The van der Waals surface area contributed by atoms with Crippen LogP contribution in [0.2, 0.25) is 0 Å². The summed E-state index contributed by atoms with van der Waals surface area (Å²) in [6.45, 7) is 16.0. The quantitative estimate of drug-likeness (QED) is 0.706. The molecule has 7 heteroatoms. The van der Waals surface area contributed by atoms with E-state index in [1.807, 2.05) is 20.8 Å². The van der Waals surface area contributed by atoms with Gasteiger partial charge in [0.1, 0.15) is 17.2 Å². The number of benzene rings is 1. The molecule has 2 aromatic rings. The highest BCUT2D eigenvalue weighted by Crippen LogP contribution is 2.21. The van der Waals surface area contributed by atoms with Gasteiger partial charge in [-0.2, -0.15) is 0 Å². The SMILES string of the molecule is [C-]#[N+]C(C)(C)Nc1ccc(CCCc2nccn2C(=O)OC(C)(C)C)c(F)c1. The van der Waals surface area contributed by atoms with Crippen LogP contribution in [0, 0.1) is 12.4 Å². The largest absolute Gasteiger partial charge is 0.443 e. The van der Waals surface area contributed by atoms with E-state index in [1.165, 1.54) is 10.6 Å². The van der Waals surface area contributed by atoms with Crippen LogP contribution in [-0.2, 0) is 17.6 Å².